The zero-order chi connectivity index (χ0) is 10.9. The zero-order valence-electron chi connectivity index (χ0n) is 6.51. The molecule has 0 radical (unpaired) electrons. The van der Waals surface area contributed by atoms with Crippen molar-refractivity contribution in [2.24, 2.45) is 0 Å². The molecule has 78 valence electrons. The molecule has 0 heterocycles. The van der Waals surface area contributed by atoms with Gasteiger partial charge < -0.3 is 4.55 Å². The van der Waals surface area contributed by atoms with Crippen LogP contribution in [0.1, 0.15) is 5.56 Å². The molecule has 0 amide bonds. The van der Waals surface area contributed by atoms with Gasteiger partial charge in [0, 0.05) is 0 Å². The summed E-state index contributed by atoms with van der Waals surface area (Å²) in [5.74, 6) is 0. The van der Waals surface area contributed by atoms with Gasteiger partial charge >= 0.3 is 0 Å². The lowest BCUT2D eigenvalue weighted by Gasteiger charge is -2.16. The molecule has 0 aliphatic carbocycles. The van der Waals surface area contributed by atoms with Crippen molar-refractivity contribution in [3.8, 4) is 0 Å². The maximum Gasteiger partial charge on any atom is 0.197 e. The zero-order valence-corrected chi connectivity index (χ0v) is 13.2. The Bertz CT molecular complexity index is 384. The van der Waals surface area contributed by atoms with Crippen LogP contribution in [-0.2, 0) is 11.8 Å². The maximum absolute atomic E-state index is 11.0. The lowest BCUT2D eigenvalue weighted by molar-refractivity contribution is 0.562. The van der Waals surface area contributed by atoms with Gasteiger partial charge in [-0.25, -0.2) is 4.21 Å². The number of rotatable bonds is 2. The first-order chi connectivity index (χ1) is 6.35. The highest BCUT2D eigenvalue weighted by molar-refractivity contribution is 14.2. The Morgan fingerprint density at radius 3 is 2.29 bits per heavy atom. The van der Waals surface area contributed by atoms with Crippen LogP contribution in [0, 0.1) is 0 Å². The summed E-state index contributed by atoms with van der Waals surface area (Å²) in [6.07, 6.45) is 0. The number of alkyl halides is 2. The Balaban J connectivity index is 3.21. The minimum Gasteiger partial charge on any atom is -0.304 e. The van der Waals surface area contributed by atoms with Crippen LogP contribution in [0.4, 0.5) is 0 Å². The molecule has 0 aliphatic rings. The molecule has 7 heteroatoms. The smallest absolute Gasteiger partial charge is 0.197 e. The molecule has 0 saturated carbocycles. The van der Waals surface area contributed by atoms with Crippen LogP contribution in [-0.4, -0.2) is 8.76 Å². The fourth-order valence-corrected chi connectivity index (χ4v) is 2.08. The van der Waals surface area contributed by atoms with E-state index < -0.39 is 11.8 Å². The van der Waals surface area contributed by atoms with Crippen molar-refractivity contribution in [3.05, 3.63) is 33.8 Å². The minimum atomic E-state index is -1.97. The average molecular weight is 477 g/mol. The van der Waals surface area contributed by atoms with Gasteiger partial charge in [-0.2, -0.15) is 0 Å². The summed E-state index contributed by atoms with van der Waals surface area (Å²) in [4.78, 5) is 0. The first-order valence-electron chi connectivity index (χ1n) is 3.30. The number of hydrogen-bond donors (Lipinski definition) is 1. The second-order valence-electron chi connectivity index (χ2n) is 2.39. The van der Waals surface area contributed by atoms with E-state index in [1.165, 1.54) is 0 Å². The van der Waals surface area contributed by atoms with Crippen molar-refractivity contribution >= 4 is 79.5 Å². The Morgan fingerprint density at radius 2 is 1.86 bits per heavy atom. The Morgan fingerprint density at radius 1 is 1.29 bits per heavy atom. The van der Waals surface area contributed by atoms with Crippen LogP contribution in [0.2, 0.25) is 10.0 Å². The molecule has 2 nitrogen and oxygen atoms in total. The van der Waals surface area contributed by atoms with E-state index in [4.69, 9.17) is 27.8 Å². The van der Waals surface area contributed by atoms with E-state index in [9.17, 15) is 4.21 Å². The Kier molecular flexibility index (Phi) is 4.93. The molecule has 1 aromatic carbocycles. The maximum atomic E-state index is 11.0. The summed E-state index contributed by atoms with van der Waals surface area (Å²) in [6, 6.07) is 4.89. The van der Waals surface area contributed by atoms with Gasteiger partial charge in [-0.15, -0.1) is 0 Å². The van der Waals surface area contributed by atoms with Crippen LogP contribution < -0.4 is 0 Å². The average Bonchev–Trinajstić information content (AvgIpc) is 2.09. The topological polar surface area (TPSA) is 37.3 Å². The van der Waals surface area contributed by atoms with Crippen LogP contribution >= 0.6 is 68.4 Å². The highest BCUT2D eigenvalue weighted by Gasteiger charge is 2.32. The quantitative estimate of drug-likeness (QED) is 0.395. The van der Waals surface area contributed by atoms with Gasteiger partial charge in [0.2, 0.25) is 0 Å². The third-order valence-corrected chi connectivity index (χ3v) is 6.39. The summed E-state index contributed by atoms with van der Waals surface area (Å²) in [5.41, 5.74) is 0.661. The van der Waals surface area contributed by atoms with Crippen molar-refractivity contribution in [2.45, 2.75) is 0.760 Å². The van der Waals surface area contributed by atoms with Crippen molar-refractivity contribution < 1.29 is 8.76 Å². The largest absolute Gasteiger partial charge is 0.304 e. The van der Waals surface area contributed by atoms with E-state index >= 15 is 0 Å². The van der Waals surface area contributed by atoms with Crippen LogP contribution in [0.3, 0.4) is 0 Å². The van der Waals surface area contributed by atoms with E-state index in [0.717, 1.165) is 0 Å². The van der Waals surface area contributed by atoms with Gasteiger partial charge in [0.05, 0.1) is 10.0 Å². The van der Waals surface area contributed by atoms with Gasteiger partial charge in [-0.1, -0.05) is 29.3 Å². The fourth-order valence-electron chi connectivity index (χ4n) is 0.778. The van der Waals surface area contributed by atoms with Crippen LogP contribution in [0.5, 0.6) is 0 Å². The highest BCUT2D eigenvalue weighted by Crippen LogP contribution is 2.43. The molecule has 14 heavy (non-hydrogen) atoms. The van der Waals surface area contributed by atoms with Crippen molar-refractivity contribution in [1.82, 2.24) is 0 Å². The van der Waals surface area contributed by atoms with Gasteiger partial charge in [-0.3, -0.25) is 0 Å². The number of benzene rings is 1. The molecule has 0 spiro atoms. The SMILES string of the molecule is O=S(O)C(I)(I)c1ccc(Cl)c(Cl)c1. The molecule has 0 saturated heterocycles. The molecular weight excluding hydrogens is 473 g/mol. The molecule has 0 aliphatic heterocycles. The molecule has 1 unspecified atom stereocenters. The lowest BCUT2D eigenvalue weighted by Crippen LogP contribution is -2.15. The summed E-state index contributed by atoms with van der Waals surface area (Å²) in [7, 11) is 0. The number of hydrogen-bond acceptors (Lipinski definition) is 1. The van der Waals surface area contributed by atoms with Crippen molar-refractivity contribution in [3.63, 3.8) is 0 Å². The van der Waals surface area contributed by atoms with E-state index in [1.54, 1.807) is 18.2 Å². The Hall–Kier alpha value is 1.37. The summed E-state index contributed by atoms with van der Waals surface area (Å²) in [5, 5.41) is 0.815. The number of halogens is 4. The summed E-state index contributed by atoms with van der Waals surface area (Å²) >= 11 is 13.4. The second-order valence-corrected chi connectivity index (χ2v) is 11.1. The van der Waals surface area contributed by atoms with E-state index in [1.807, 2.05) is 45.2 Å². The van der Waals surface area contributed by atoms with Crippen LogP contribution in [0.25, 0.3) is 0 Å². The molecule has 0 bridgehead atoms. The molecule has 0 aromatic heterocycles. The molecule has 0 fully saturated rings. The molecular formula is C7H4Cl2I2O2S. The Labute approximate surface area is 121 Å². The fraction of sp³-hybridized carbons (Fsp3) is 0.143. The third-order valence-electron chi connectivity index (χ3n) is 1.47. The first-order valence-corrected chi connectivity index (χ1v) is 7.32. The summed E-state index contributed by atoms with van der Waals surface area (Å²) in [6.45, 7) is 0. The van der Waals surface area contributed by atoms with Gasteiger partial charge in [-0.05, 0) is 62.9 Å². The van der Waals surface area contributed by atoms with Gasteiger partial charge in [0.1, 0.15) is 0 Å². The normalized spacial score (nSPS) is 14.1. The predicted octanol–water partition coefficient (Wildman–Crippen LogP) is 4.20. The highest BCUT2D eigenvalue weighted by atomic mass is 127. The third kappa shape index (κ3) is 2.94. The second kappa shape index (κ2) is 5.13. The van der Waals surface area contributed by atoms with Crippen LogP contribution in [0.15, 0.2) is 18.2 Å². The van der Waals surface area contributed by atoms with Crippen molar-refractivity contribution in [2.75, 3.05) is 0 Å². The van der Waals surface area contributed by atoms with E-state index in [2.05, 4.69) is 0 Å². The standard InChI is InChI=1S/C7H4Cl2I2O2S/c8-5-2-1-4(3-6(5)9)7(10,11)14(12)13/h1-3H,(H,12,13). The molecule has 1 aromatic rings. The minimum absolute atomic E-state index is 0.382. The molecule has 1 rings (SSSR count). The van der Waals surface area contributed by atoms with Gasteiger partial charge in [0.25, 0.3) is 0 Å². The predicted molar refractivity (Wildman–Crippen MR) is 77.0 cm³/mol. The van der Waals surface area contributed by atoms with Gasteiger partial charge in [0.15, 0.2) is 11.8 Å². The first kappa shape index (κ1) is 13.4. The van der Waals surface area contributed by atoms with E-state index in [-0.39, 0.29) is 0 Å². The van der Waals surface area contributed by atoms with Crippen molar-refractivity contribution in [1.29, 1.82) is 0 Å². The van der Waals surface area contributed by atoms with E-state index in [0.29, 0.717) is 15.6 Å². The molecule has 1 atom stereocenters. The monoisotopic (exact) mass is 476 g/mol. The summed E-state index contributed by atoms with van der Waals surface area (Å²) < 4.78 is 19.2. The molecule has 1 N–H and O–H groups in total. The lowest BCUT2D eigenvalue weighted by atomic mass is 10.2.